The van der Waals surface area contributed by atoms with E-state index in [2.05, 4.69) is 11.8 Å². The summed E-state index contributed by atoms with van der Waals surface area (Å²) in [5.74, 6) is 0. The molecule has 0 N–H and O–H groups in total. The number of hydrogen-bond acceptors (Lipinski definition) is 2. The zero-order chi connectivity index (χ0) is 10.2. The van der Waals surface area contributed by atoms with E-state index in [1.54, 1.807) is 0 Å². The number of piperidine rings is 1. The second-order valence-corrected chi connectivity index (χ2v) is 4.24. The van der Waals surface area contributed by atoms with Crippen LogP contribution in [0.2, 0.25) is 0 Å². The van der Waals surface area contributed by atoms with Crippen LogP contribution in [-0.2, 0) is 4.74 Å². The average molecular weight is 220 g/mol. The van der Waals surface area contributed by atoms with Crippen LogP contribution in [0.4, 0.5) is 0 Å². The number of halogens is 1. The Kier molecular flexibility index (Phi) is 6.57. The van der Waals surface area contributed by atoms with Crippen molar-refractivity contribution in [1.82, 2.24) is 4.90 Å². The van der Waals surface area contributed by atoms with Crippen molar-refractivity contribution >= 4 is 11.6 Å². The predicted octanol–water partition coefficient (Wildman–Crippen LogP) is 2.85. The fraction of sp³-hybridized carbons (Fsp3) is 1.00. The highest BCUT2D eigenvalue weighted by molar-refractivity contribution is 6.17. The Morgan fingerprint density at radius 3 is 2.57 bits per heavy atom. The minimum absolute atomic E-state index is 0.327. The first-order chi connectivity index (χ1) is 6.88. The highest BCUT2D eigenvalue weighted by atomic mass is 35.5. The van der Waals surface area contributed by atoms with E-state index in [0.29, 0.717) is 12.1 Å². The third kappa shape index (κ3) is 4.16. The average Bonchev–Trinajstić information content (AvgIpc) is 2.25. The maximum absolute atomic E-state index is 5.54. The standard InChI is InChI=1S/C11H22ClNO/c1-2-6-11(9-14-10-12)13-7-4-3-5-8-13/h11H,2-10H2,1H3. The van der Waals surface area contributed by atoms with Gasteiger partial charge in [0.2, 0.25) is 0 Å². The van der Waals surface area contributed by atoms with Gasteiger partial charge in [-0.1, -0.05) is 31.4 Å². The molecule has 0 spiro atoms. The van der Waals surface area contributed by atoms with Gasteiger partial charge in [0.05, 0.1) is 6.61 Å². The van der Waals surface area contributed by atoms with Crippen molar-refractivity contribution in [3.8, 4) is 0 Å². The van der Waals surface area contributed by atoms with Gasteiger partial charge < -0.3 is 4.74 Å². The maximum Gasteiger partial charge on any atom is 0.120 e. The number of alkyl halides is 1. The van der Waals surface area contributed by atoms with Gasteiger partial charge in [-0.05, 0) is 32.4 Å². The van der Waals surface area contributed by atoms with Crippen LogP contribution in [0.5, 0.6) is 0 Å². The topological polar surface area (TPSA) is 12.5 Å². The fourth-order valence-electron chi connectivity index (χ4n) is 2.17. The van der Waals surface area contributed by atoms with Gasteiger partial charge in [0.25, 0.3) is 0 Å². The summed E-state index contributed by atoms with van der Waals surface area (Å²) in [5.41, 5.74) is 0. The van der Waals surface area contributed by atoms with Crippen molar-refractivity contribution in [2.45, 2.75) is 45.1 Å². The Labute approximate surface area is 92.6 Å². The van der Waals surface area contributed by atoms with Crippen LogP contribution >= 0.6 is 11.6 Å². The SMILES string of the molecule is CCCC(COCCl)N1CCCCC1. The summed E-state index contributed by atoms with van der Waals surface area (Å²) in [6.45, 7) is 5.53. The van der Waals surface area contributed by atoms with Crippen molar-refractivity contribution in [3.63, 3.8) is 0 Å². The monoisotopic (exact) mass is 219 g/mol. The molecular formula is C11H22ClNO. The Morgan fingerprint density at radius 1 is 1.29 bits per heavy atom. The molecule has 0 aromatic carbocycles. The third-order valence-corrected chi connectivity index (χ3v) is 3.07. The zero-order valence-corrected chi connectivity index (χ0v) is 9.93. The van der Waals surface area contributed by atoms with Crippen molar-refractivity contribution in [1.29, 1.82) is 0 Å². The van der Waals surface area contributed by atoms with Gasteiger partial charge in [0.1, 0.15) is 6.07 Å². The van der Waals surface area contributed by atoms with E-state index in [1.807, 2.05) is 0 Å². The number of nitrogens with zero attached hydrogens (tertiary/aromatic N) is 1. The molecule has 84 valence electrons. The first-order valence-electron chi connectivity index (χ1n) is 5.76. The van der Waals surface area contributed by atoms with Crippen LogP contribution < -0.4 is 0 Å². The minimum Gasteiger partial charge on any atom is -0.364 e. The Morgan fingerprint density at radius 2 is 2.00 bits per heavy atom. The lowest BCUT2D eigenvalue weighted by Crippen LogP contribution is -2.41. The molecular weight excluding hydrogens is 198 g/mol. The Balaban J connectivity index is 2.30. The summed E-state index contributed by atoms with van der Waals surface area (Å²) in [7, 11) is 0. The van der Waals surface area contributed by atoms with Crippen LogP contribution in [0.1, 0.15) is 39.0 Å². The summed E-state index contributed by atoms with van der Waals surface area (Å²) in [5, 5.41) is 0. The molecule has 0 bridgehead atoms. The maximum atomic E-state index is 5.54. The molecule has 1 aliphatic heterocycles. The quantitative estimate of drug-likeness (QED) is 0.637. The fourth-order valence-corrected chi connectivity index (χ4v) is 2.26. The lowest BCUT2D eigenvalue weighted by Gasteiger charge is -2.34. The lowest BCUT2D eigenvalue weighted by atomic mass is 10.1. The van der Waals surface area contributed by atoms with E-state index < -0.39 is 0 Å². The first kappa shape index (κ1) is 12.3. The number of hydrogen-bond donors (Lipinski definition) is 0. The van der Waals surface area contributed by atoms with Crippen LogP contribution in [0.15, 0.2) is 0 Å². The summed E-state index contributed by atoms with van der Waals surface area (Å²) in [6.07, 6.45) is 6.55. The Hall–Kier alpha value is 0.210. The third-order valence-electron chi connectivity index (χ3n) is 2.92. The van der Waals surface area contributed by atoms with E-state index in [0.717, 1.165) is 6.61 Å². The van der Waals surface area contributed by atoms with Gasteiger partial charge in [0, 0.05) is 6.04 Å². The number of rotatable bonds is 6. The van der Waals surface area contributed by atoms with E-state index in [4.69, 9.17) is 16.3 Å². The Bertz CT molecular complexity index is 137. The van der Waals surface area contributed by atoms with Crippen LogP contribution in [0.3, 0.4) is 0 Å². The molecule has 0 amide bonds. The van der Waals surface area contributed by atoms with Crippen LogP contribution in [-0.4, -0.2) is 36.7 Å². The molecule has 1 heterocycles. The van der Waals surface area contributed by atoms with E-state index in [-0.39, 0.29) is 0 Å². The van der Waals surface area contributed by atoms with Crippen LogP contribution in [0.25, 0.3) is 0 Å². The molecule has 1 saturated heterocycles. The highest BCUT2D eigenvalue weighted by Crippen LogP contribution is 2.15. The van der Waals surface area contributed by atoms with Crippen molar-refractivity contribution in [3.05, 3.63) is 0 Å². The second-order valence-electron chi connectivity index (χ2n) is 4.02. The molecule has 2 nitrogen and oxygen atoms in total. The van der Waals surface area contributed by atoms with E-state index >= 15 is 0 Å². The van der Waals surface area contributed by atoms with Crippen molar-refractivity contribution in [2.24, 2.45) is 0 Å². The molecule has 0 radical (unpaired) electrons. The molecule has 1 fully saturated rings. The second kappa shape index (κ2) is 7.49. The molecule has 0 aromatic heterocycles. The van der Waals surface area contributed by atoms with Gasteiger partial charge in [-0.3, -0.25) is 4.90 Å². The van der Waals surface area contributed by atoms with Gasteiger partial charge in [0.15, 0.2) is 0 Å². The zero-order valence-electron chi connectivity index (χ0n) is 9.17. The van der Waals surface area contributed by atoms with E-state index in [1.165, 1.54) is 45.2 Å². The molecule has 0 aromatic rings. The summed E-state index contributed by atoms with van der Waals surface area (Å²) in [6, 6.07) is 0.924. The summed E-state index contributed by atoms with van der Waals surface area (Å²) >= 11 is 5.54. The largest absolute Gasteiger partial charge is 0.364 e. The van der Waals surface area contributed by atoms with Crippen molar-refractivity contribution in [2.75, 3.05) is 25.8 Å². The molecule has 1 rings (SSSR count). The number of ether oxygens (including phenoxy) is 1. The summed E-state index contributed by atoms with van der Waals surface area (Å²) in [4.78, 5) is 2.57. The lowest BCUT2D eigenvalue weighted by molar-refractivity contribution is 0.0645. The molecule has 1 unspecified atom stereocenters. The first-order valence-corrected chi connectivity index (χ1v) is 6.29. The minimum atomic E-state index is 0.327. The normalized spacial score (nSPS) is 21.0. The van der Waals surface area contributed by atoms with Crippen molar-refractivity contribution < 1.29 is 4.74 Å². The van der Waals surface area contributed by atoms with Gasteiger partial charge in [-0.25, -0.2) is 0 Å². The molecule has 1 atom stereocenters. The highest BCUT2D eigenvalue weighted by Gasteiger charge is 2.19. The molecule has 0 aliphatic carbocycles. The summed E-state index contributed by atoms with van der Waals surface area (Å²) < 4.78 is 5.33. The predicted molar refractivity (Wildman–Crippen MR) is 60.8 cm³/mol. The molecule has 0 saturated carbocycles. The molecule has 14 heavy (non-hydrogen) atoms. The van der Waals surface area contributed by atoms with Gasteiger partial charge in [-0.15, -0.1) is 0 Å². The number of likely N-dealkylation sites (tertiary alicyclic amines) is 1. The smallest absolute Gasteiger partial charge is 0.120 e. The van der Waals surface area contributed by atoms with E-state index in [9.17, 15) is 0 Å². The van der Waals surface area contributed by atoms with Gasteiger partial charge >= 0.3 is 0 Å². The van der Waals surface area contributed by atoms with Gasteiger partial charge in [-0.2, -0.15) is 0 Å². The van der Waals surface area contributed by atoms with Crippen LogP contribution in [0, 0.1) is 0 Å². The molecule has 1 aliphatic rings. The molecule has 3 heteroatoms.